The summed E-state index contributed by atoms with van der Waals surface area (Å²) in [6.45, 7) is 29.0. The number of hydrogen-bond donors (Lipinski definition) is 0. The summed E-state index contributed by atoms with van der Waals surface area (Å²) < 4.78 is 6.72. The van der Waals surface area contributed by atoms with Gasteiger partial charge in [-0.3, -0.25) is 0 Å². The van der Waals surface area contributed by atoms with E-state index < -0.39 is 13.5 Å². The van der Waals surface area contributed by atoms with E-state index in [0.717, 1.165) is 22.4 Å². The predicted molar refractivity (Wildman–Crippen MR) is 218 cm³/mol. The number of para-hydroxylation sites is 1. The normalized spacial score (nSPS) is 13.7. The molecule has 5 rings (SSSR count). The van der Waals surface area contributed by atoms with E-state index in [4.69, 9.17) is 24.1 Å². The van der Waals surface area contributed by atoms with Crippen molar-refractivity contribution in [2.45, 2.75) is 105 Å². The third-order valence-electron chi connectivity index (χ3n) is 8.54. The van der Waals surface area contributed by atoms with Gasteiger partial charge in [-0.1, -0.05) is 74.4 Å². The molecule has 0 radical (unpaired) electrons. The second-order valence-corrected chi connectivity index (χ2v) is 22.2. The van der Waals surface area contributed by atoms with Crippen molar-refractivity contribution < 1.29 is 18.3 Å². The summed E-state index contributed by atoms with van der Waals surface area (Å²) in [6.07, 6.45) is 4.54. The summed E-state index contributed by atoms with van der Waals surface area (Å²) in [5.41, 5.74) is 11.5. The van der Waals surface area contributed by atoms with Gasteiger partial charge in [0.05, 0.1) is 0 Å². The molecule has 0 bridgehead atoms. The fraction of sp³-hybridized carbons (Fsp3) is 0.364. The van der Waals surface area contributed by atoms with E-state index in [-0.39, 0.29) is 22.3 Å². The van der Waals surface area contributed by atoms with E-state index in [0.29, 0.717) is 0 Å². The second-order valence-electron chi connectivity index (χ2n) is 16.4. The summed E-state index contributed by atoms with van der Waals surface area (Å²) in [6, 6.07) is 30.3. The zero-order valence-electron chi connectivity index (χ0n) is 31.9. The molecule has 0 saturated heterocycles. The van der Waals surface area contributed by atoms with Crippen LogP contribution in [0.25, 0.3) is 11.1 Å². The molecule has 0 fully saturated rings. The zero-order valence-corrected chi connectivity index (χ0v) is 35.2. The van der Waals surface area contributed by atoms with Crippen LogP contribution < -0.4 is 9.80 Å². The Morgan fingerprint density at radius 2 is 1.16 bits per heavy atom. The third-order valence-corrected chi connectivity index (χ3v) is 10.4. The number of hydrogen-bond acceptors (Lipinski definition) is 2. The van der Waals surface area contributed by atoms with Crippen LogP contribution in [0, 0.1) is 13.6 Å². The molecule has 0 aromatic heterocycles. The first kappa shape index (κ1) is 39.9. The first-order valence-corrected chi connectivity index (χ1v) is 22.8. The summed E-state index contributed by atoms with van der Waals surface area (Å²) in [5, 5.41) is 0. The number of ether oxygens (including phenoxy) is 1. The van der Waals surface area contributed by atoms with Gasteiger partial charge in [-0.05, 0) is 82.1 Å². The molecule has 1 heterocycles. The van der Waals surface area contributed by atoms with Crippen molar-refractivity contribution in [1.82, 2.24) is 0 Å². The maximum Gasteiger partial charge on any atom is 0.0130 e. The van der Waals surface area contributed by atoms with Crippen LogP contribution in [0.2, 0.25) is 0 Å². The summed E-state index contributed by atoms with van der Waals surface area (Å²) in [4.78, 5) is 4.46. The van der Waals surface area contributed by atoms with E-state index in [1.807, 2.05) is 34.9 Å². The van der Waals surface area contributed by atoms with E-state index in [2.05, 4.69) is 167 Å². The molecule has 0 spiro atoms. The fourth-order valence-electron chi connectivity index (χ4n) is 5.61. The largest absolute Gasteiger partial charge is 0.480 e. The van der Waals surface area contributed by atoms with Gasteiger partial charge in [0.1, 0.15) is 0 Å². The molecule has 0 unspecified atom stereocenters. The van der Waals surface area contributed by atoms with Crippen LogP contribution in [0.3, 0.4) is 0 Å². The summed E-state index contributed by atoms with van der Waals surface area (Å²) in [5.74, 6) is 0.980. The Kier molecular flexibility index (Phi) is 12.9. The molecule has 270 valence electrons. The zero-order chi connectivity index (χ0) is 37.0. The first-order chi connectivity index (χ1) is 23.2. The molecule has 1 N–H and O–H groups in total. The van der Waals surface area contributed by atoms with Crippen molar-refractivity contribution in [3.63, 3.8) is 0 Å². The average molecular weight is 801 g/mol. The minimum Gasteiger partial charge on any atom is -0.480 e. The van der Waals surface area contributed by atoms with Crippen molar-refractivity contribution in [2.24, 2.45) is 0 Å². The molecule has 3 nitrogen and oxygen atoms in total. The van der Waals surface area contributed by atoms with Crippen LogP contribution in [0.4, 0.5) is 11.4 Å². The number of aryl methyl sites for hydroxylation is 1. The van der Waals surface area contributed by atoms with Crippen LogP contribution in [-0.4, -0.2) is 15.5 Å². The van der Waals surface area contributed by atoms with Gasteiger partial charge in [0.2, 0.25) is 0 Å². The standard InChI is InChI=1S/C28H39N2.C16H16O.2ClH.Ru/c1-20-13-21(26(2,3)4)16-24(14-20)29-11-12-30(19-29)25-17-22(27(5,6)7)15-23(18-25)28(8,9)10;1-12(2)17-16-13(3)8-7-11-15(16)14-9-5-4-6-10-14;;;/h11-19H,1-10H3;3-12H,1-2H3;2*1H;/q-1;;;;+2/p-1. The molecule has 0 amide bonds. The molecule has 0 saturated carbocycles. The molecule has 50 heavy (non-hydrogen) atoms. The summed E-state index contributed by atoms with van der Waals surface area (Å²) in [7, 11) is 12.1. The molecule has 0 atom stereocenters. The Bertz CT molecular complexity index is 1790. The van der Waals surface area contributed by atoms with Crippen LogP contribution in [-0.2, 0) is 29.8 Å². The summed E-state index contributed by atoms with van der Waals surface area (Å²) >= 11 is -1.87. The number of nitrogens with zero attached hydrogens (tertiary/aromatic N) is 2. The number of aromatic hydroxyl groups is 1. The van der Waals surface area contributed by atoms with Gasteiger partial charge in [-0.15, -0.1) is 6.67 Å². The Hall–Kier alpha value is -2.91. The second kappa shape index (κ2) is 16.2. The first-order valence-electron chi connectivity index (χ1n) is 17.3. The minimum atomic E-state index is -1.87. The number of rotatable bonds is 6. The van der Waals surface area contributed by atoms with Crippen molar-refractivity contribution >= 4 is 35.4 Å². The van der Waals surface area contributed by atoms with Crippen LogP contribution in [0.1, 0.15) is 104 Å². The predicted octanol–water partition coefficient (Wildman–Crippen LogP) is 12.9. The molecular weight excluding hydrogens is 744 g/mol. The topological polar surface area (TPSA) is 19.3 Å². The Balaban J connectivity index is 0.000000244. The maximum atomic E-state index is 6.03. The number of aliphatic hydroxyl groups is 1. The molecule has 4 aromatic rings. The quantitative estimate of drug-likeness (QED) is 0.110. The molecule has 4 aromatic carbocycles. The molecule has 6 heteroatoms. The van der Waals surface area contributed by atoms with Gasteiger partial charge in [-0.2, -0.15) is 0 Å². The van der Waals surface area contributed by atoms with E-state index in [9.17, 15) is 0 Å². The third kappa shape index (κ3) is 10.8. The fourth-order valence-corrected chi connectivity index (χ4v) is 7.41. The SMILES string of the molecule is CC(C)[OH+]c1c([CH]=[Ru]([Cl])[Cl])cccc1-c1ccccc1.Cc1cc(N2C=CN(c3cc(C(C)(C)C)cc(C(C)(C)C)c3)[CH-]2)cc(C(C)(C)C)c1. The molecule has 0 aliphatic carbocycles. The van der Waals surface area contributed by atoms with Crippen LogP contribution >= 0.6 is 19.4 Å². The van der Waals surface area contributed by atoms with Crippen LogP contribution in [0.5, 0.6) is 5.75 Å². The van der Waals surface area contributed by atoms with Crippen molar-refractivity contribution in [1.29, 1.82) is 0 Å². The van der Waals surface area contributed by atoms with Crippen molar-refractivity contribution in [3.8, 4) is 16.9 Å². The van der Waals surface area contributed by atoms with Gasteiger partial charge in [-0.25, -0.2) is 0 Å². The minimum absolute atomic E-state index is 0.108. The Morgan fingerprint density at radius 1 is 0.660 bits per heavy atom. The Morgan fingerprint density at radius 3 is 1.64 bits per heavy atom. The van der Waals surface area contributed by atoms with E-state index >= 15 is 0 Å². The van der Waals surface area contributed by atoms with Gasteiger partial charge in [0.25, 0.3) is 0 Å². The van der Waals surface area contributed by atoms with Gasteiger partial charge < -0.3 is 9.80 Å². The molecule has 1 aliphatic rings. The van der Waals surface area contributed by atoms with Crippen LogP contribution in [0.15, 0.2) is 97.3 Å². The van der Waals surface area contributed by atoms with Crippen molar-refractivity contribution in [3.05, 3.63) is 132 Å². The molecule has 1 aliphatic heterocycles. The number of halogens is 2. The number of benzene rings is 4. The van der Waals surface area contributed by atoms with Crippen molar-refractivity contribution in [2.75, 3.05) is 9.80 Å². The number of anilines is 2. The van der Waals surface area contributed by atoms with E-state index in [1.165, 1.54) is 33.6 Å². The van der Waals surface area contributed by atoms with Gasteiger partial charge in [0, 0.05) is 11.4 Å². The van der Waals surface area contributed by atoms with Gasteiger partial charge in [0.15, 0.2) is 0 Å². The monoisotopic (exact) mass is 800 g/mol. The maximum absolute atomic E-state index is 6.03. The Labute approximate surface area is 315 Å². The average Bonchev–Trinajstić information content (AvgIpc) is 3.51. The van der Waals surface area contributed by atoms with E-state index in [1.54, 1.807) is 0 Å². The smallest absolute Gasteiger partial charge is 0.0130 e. The molecular formula is C44H56Cl2N2ORu. The van der Waals surface area contributed by atoms with Gasteiger partial charge >= 0.3 is 133 Å².